The van der Waals surface area contributed by atoms with Gasteiger partial charge in [-0.2, -0.15) is 0 Å². The summed E-state index contributed by atoms with van der Waals surface area (Å²) in [6.07, 6.45) is 1.02. The van der Waals surface area contributed by atoms with Crippen LogP contribution < -0.4 is 14.8 Å². The van der Waals surface area contributed by atoms with Crippen LogP contribution in [0.1, 0.15) is 11.1 Å². The SMILES string of the molecule is COc1cc2c(c(OC)c1Br)CNCC2. The van der Waals surface area contributed by atoms with E-state index in [2.05, 4.69) is 27.3 Å². The summed E-state index contributed by atoms with van der Waals surface area (Å²) in [7, 11) is 3.36. The highest BCUT2D eigenvalue weighted by Crippen LogP contribution is 2.40. The molecule has 0 saturated carbocycles. The molecule has 0 saturated heterocycles. The third-order valence-corrected chi connectivity index (χ3v) is 3.43. The average Bonchev–Trinajstić information content (AvgIpc) is 2.28. The molecule has 1 N–H and O–H groups in total. The Balaban J connectivity index is 2.58. The second-order valence-electron chi connectivity index (χ2n) is 3.49. The van der Waals surface area contributed by atoms with Crippen molar-refractivity contribution in [2.75, 3.05) is 20.8 Å². The topological polar surface area (TPSA) is 30.5 Å². The highest BCUT2D eigenvalue weighted by Gasteiger charge is 2.19. The fraction of sp³-hybridized carbons (Fsp3) is 0.455. The molecule has 1 heterocycles. The van der Waals surface area contributed by atoms with Crippen LogP contribution in [0.5, 0.6) is 11.5 Å². The van der Waals surface area contributed by atoms with Gasteiger partial charge in [-0.3, -0.25) is 0 Å². The van der Waals surface area contributed by atoms with Gasteiger partial charge in [0.25, 0.3) is 0 Å². The Morgan fingerprint density at radius 2 is 2.13 bits per heavy atom. The number of ether oxygens (including phenoxy) is 2. The van der Waals surface area contributed by atoms with Gasteiger partial charge in [0.1, 0.15) is 16.0 Å². The maximum absolute atomic E-state index is 5.42. The minimum atomic E-state index is 0.840. The van der Waals surface area contributed by atoms with Gasteiger partial charge in [0.2, 0.25) is 0 Å². The van der Waals surface area contributed by atoms with Crippen LogP contribution in [0.15, 0.2) is 10.5 Å². The van der Waals surface area contributed by atoms with Crippen molar-refractivity contribution in [2.45, 2.75) is 13.0 Å². The first-order valence-electron chi connectivity index (χ1n) is 4.91. The van der Waals surface area contributed by atoms with Crippen molar-refractivity contribution in [2.24, 2.45) is 0 Å². The lowest BCUT2D eigenvalue weighted by Crippen LogP contribution is -2.24. The summed E-state index contributed by atoms with van der Waals surface area (Å²) < 4.78 is 11.6. The van der Waals surface area contributed by atoms with Crippen LogP contribution in [-0.2, 0) is 13.0 Å². The van der Waals surface area contributed by atoms with Crippen molar-refractivity contribution in [1.82, 2.24) is 5.32 Å². The second kappa shape index (κ2) is 4.41. The monoisotopic (exact) mass is 271 g/mol. The molecular formula is C11H14BrNO2. The molecule has 4 heteroatoms. The van der Waals surface area contributed by atoms with Gasteiger partial charge in [0.05, 0.1) is 14.2 Å². The Morgan fingerprint density at radius 3 is 2.80 bits per heavy atom. The molecule has 2 rings (SSSR count). The van der Waals surface area contributed by atoms with E-state index in [0.29, 0.717) is 0 Å². The van der Waals surface area contributed by atoms with E-state index in [1.165, 1.54) is 11.1 Å². The molecule has 1 aliphatic heterocycles. The molecule has 1 aromatic carbocycles. The van der Waals surface area contributed by atoms with Gasteiger partial charge >= 0.3 is 0 Å². The van der Waals surface area contributed by atoms with E-state index >= 15 is 0 Å². The number of benzene rings is 1. The predicted octanol–water partition coefficient (Wildman–Crippen LogP) is 2.11. The van der Waals surface area contributed by atoms with Crippen LogP contribution in [-0.4, -0.2) is 20.8 Å². The van der Waals surface area contributed by atoms with Crippen LogP contribution in [0.4, 0.5) is 0 Å². The molecule has 0 radical (unpaired) electrons. The highest BCUT2D eigenvalue weighted by atomic mass is 79.9. The summed E-state index contributed by atoms with van der Waals surface area (Å²) in [6.45, 7) is 1.88. The largest absolute Gasteiger partial charge is 0.495 e. The molecule has 0 unspecified atom stereocenters. The Bertz CT molecular complexity index is 379. The lowest BCUT2D eigenvalue weighted by Gasteiger charge is -2.22. The van der Waals surface area contributed by atoms with Gasteiger partial charge in [0, 0.05) is 12.1 Å². The Labute approximate surface area is 97.9 Å². The number of methoxy groups -OCH3 is 2. The third kappa shape index (κ3) is 1.84. The van der Waals surface area contributed by atoms with Crippen LogP contribution in [0, 0.1) is 0 Å². The van der Waals surface area contributed by atoms with E-state index in [4.69, 9.17) is 9.47 Å². The van der Waals surface area contributed by atoms with Crippen LogP contribution in [0.25, 0.3) is 0 Å². The molecule has 0 spiro atoms. The van der Waals surface area contributed by atoms with Gasteiger partial charge in [-0.05, 0) is 40.5 Å². The summed E-state index contributed by atoms with van der Waals surface area (Å²) in [5, 5.41) is 3.34. The quantitative estimate of drug-likeness (QED) is 0.894. The number of rotatable bonds is 2. The molecule has 0 aliphatic carbocycles. The first kappa shape index (κ1) is 10.8. The van der Waals surface area contributed by atoms with Crippen molar-refractivity contribution in [3.8, 4) is 11.5 Å². The van der Waals surface area contributed by atoms with E-state index < -0.39 is 0 Å². The maximum Gasteiger partial charge on any atom is 0.141 e. The summed E-state index contributed by atoms with van der Waals surface area (Å²) in [6, 6.07) is 2.09. The summed E-state index contributed by atoms with van der Waals surface area (Å²) in [4.78, 5) is 0. The molecular weight excluding hydrogens is 258 g/mol. The first-order chi connectivity index (χ1) is 7.27. The van der Waals surface area contributed by atoms with E-state index in [-0.39, 0.29) is 0 Å². The molecule has 1 aromatic rings. The van der Waals surface area contributed by atoms with Gasteiger partial charge < -0.3 is 14.8 Å². The van der Waals surface area contributed by atoms with Crippen molar-refractivity contribution >= 4 is 15.9 Å². The molecule has 0 atom stereocenters. The standard InChI is InChI=1S/C11H14BrNO2/c1-14-9-5-7-3-4-13-6-8(7)11(15-2)10(9)12/h5,13H,3-4,6H2,1-2H3. The normalized spacial score (nSPS) is 14.6. The zero-order valence-electron chi connectivity index (χ0n) is 8.89. The van der Waals surface area contributed by atoms with Gasteiger partial charge in [0.15, 0.2) is 0 Å². The maximum atomic E-state index is 5.42. The van der Waals surface area contributed by atoms with Crippen LogP contribution in [0.2, 0.25) is 0 Å². The minimum absolute atomic E-state index is 0.840. The summed E-state index contributed by atoms with van der Waals surface area (Å²) in [5.74, 6) is 1.73. The molecule has 0 fully saturated rings. The van der Waals surface area contributed by atoms with Crippen LogP contribution >= 0.6 is 15.9 Å². The number of hydrogen-bond acceptors (Lipinski definition) is 3. The average molecular weight is 272 g/mol. The third-order valence-electron chi connectivity index (χ3n) is 2.68. The van der Waals surface area contributed by atoms with Crippen molar-refractivity contribution in [3.05, 3.63) is 21.7 Å². The lowest BCUT2D eigenvalue weighted by molar-refractivity contribution is 0.381. The Morgan fingerprint density at radius 1 is 1.33 bits per heavy atom. The van der Waals surface area contributed by atoms with Gasteiger partial charge in [-0.15, -0.1) is 0 Å². The van der Waals surface area contributed by atoms with E-state index in [0.717, 1.165) is 35.5 Å². The summed E-state index contributed by atoms with van der Waals surface area (Å²) >= 11 is 3.50. The lowest BCUT2D eigenvalue weighted by atomic mass is 9.99. The molecule has 0 bridgehead atoms. The fourth-order valence-corrected chi connectivity index (χ4v) is 2.59. The Hall–Kier alpha value is -0.740. The Kier molecular flexibility index (Phi) is 3.17. The number of nitrogens with one attached hydrogen (secondary N) is 1. The minimum Gasteiger partial charge on any atom is -0.495 e. The van der Waals surface area contributed by atoms with Crippen molar-refractivity contribution < 1.29 is 9.47 Å². The second-order valence-corrected chi connectivity index (χ2v) is 4.28. The number of hydrogen-bond donors (Lipinski definition) is 1. The molecule has 0 aromatic heterocycles. The van der Waals surface area contributed by atoms with E-state index in [9.17, 15) is 0 Å². The van der Waals surface area contributed by atoms with E-state index in [1.54, 1.807) is 14.2 Å². The molecule has 1 aliphatic rings. The molecule has 15 heavy (non-hydrogen) atoms. The summed E-state index contributed by atoms with van der Waals surface area (Å²) in [5.41, 5.74) is 2.54. The highest BCUT2D eigenvalue weighted by molar-refractivity contribution is 9.10. The van der Waals surface area contributed by atoms with Gasteiger partial charge in [-0.25, -0.2) is 0 Å². The fourth-order valence-electron chi connectivity index (χ4n) is 1.91. The predicted molar refractivity (Wildman–Crippen MR) is 62.7 cm³/mol. The van der Waals surface area contributed by atoms with Crippen LogP contribution in [0.3, 0.4) is 0 Å². The zero-order valence-corrected chi connectivity index (χ0v) is 10.5. The van der Waals surface area contributed by atoms with Gasteiger partial charge in [-0.1, -0.05) is 0 Å². The smallest absolute Gasteiger partial charge is 0.141 e. The number of halogens is 1. The van der Waals surface area contributed by atoms with Crippen molar-refractivity contribution in [1.29, 1.82) is 0 Å². The number of fused-ring (bicyclic) bond motifs is 1. The molecule has 3 nitrogen and oxygen atoms in total. The molecule has 0 amide bonds. The first-order valence-corrected chi connectivity index (χ1v) is 5.70. The van der Waals surface area contributed by atoms with Crippen molar-refractivity contribution in [3.63, 3.8) is 0 Å². The van der Waals surface area contributed by atoms with E-state index in [1.807, 2.05) is 0 Å². The zero-order chi connectivity index (χ0) is 10.8. The molecule has 82 valence electrons.